The standard InChI is InChI=1S/C16H17BFNO2/c1-15(2)16(3,4)21-17(20-15)14-8-12(18)7-11-5-10(9-19)6-13(11)14/h6-8H,5H2,1-4H3. The van der Waals surface area contributed by atoms with Crippen molar-refractivity contribution in [2.75, 3.05) is 0 Å². The largest absolute Gasteiger partial charge is 0.495 e. The number of nitriles is 1. The monoisotopic (exact) mass is 285 g/mol. The highest BCUT2D eigenvalue weighted by Gasteiger charge is 2.52. The van der Waals surface area contributed by atoms with Gasteiger partial charge < -0.3 is 9.31 Å². The summed E-state index contributed by atoms with van der Waals surface area (Å²) >= 11 is 0. The predicted molar refractivity (Wildman–Crippen MR) is 79.4 cm³/mol. The van der Waals surface area contributed by atoms with E-state index in [1.54, 1.807) is 6.08 Å². The molecule has 1 aromatic rings. The lowest BCUT2D eigenvalue weighted by Crippen LogP contribution is -2.41. The average Bonchev–Trinajstić information content (AvgIpc) is 2.87. The van der Waals surface area contributed by atoms with E-state index in [9.17, 15) is 4.39 Å². The highest BCUT2D eigenvalue weighted by molar-refractivity contribution is 6.63. The van der Waals surface area contributed by atoms with E-state index >= 15 is 0 Å². The first-order valence-corrected chi connectivity index (χ1v) is 7.02. The molecule has 0 bridgehead atoms. The number of hydrogen-bond acceptors (Lipinski definition) is 3. The van der Waals surface area contributed by atoms with Gasteiger partial charge in [0.05, 0.1) is 17.3 Å². The van der Waals surface area contributed by atoms with Gasteiger partial charge in [-0.15, -0.1) is 0 Å². The Balaban J connectivity index is 2.06. The Bertz CT molecular complexity index is 672. The van der Waals surface area contributed by atoms with Crippen LogP contribution in [0.2, 0.25) is 0 Å². The van der Waals surface area contributed by atoms with Crippen LogP contribution in [0, 0.1) is 17.1 Å². The summed E-state index contributed by atoms with van der Waals surface area (Å²) in [6, 6.07) is 5.06. The third-order valence-corrected chi connectivity index (χ3v) is 4.61. The molecule has 0 amide bonds. The SMILES string of the molecule is CC1(C)OB(c2cc(F)cc3c2C=C(C#N)C3)OC1(C)C. The van der Waals surface area contributed by atoms with Crippen molar-refractivity contribution in [2.24, 2.45) is 0 Å². The van der Waals surface area contributed by atoms with Gasteiger partial charge in [0.1, 0.15) is 5.82 Å². The molecular formula is C16H17BFNO2. The van der Waals surface area contributed by atoms with E-state index in [0.717, 1.165) is 11.1 Å². The van der Waals surface area contributed by atoms with Gasteiger partial charge in [0.15, 0.2) is 0 Å². The number of benzene rings is 1. The van der Waals surface area contributed by atoms with Crippen LogP contribution in [0.3, 0.4) is 0 Å². The molecule has 3 rings (SSSR count). The van der Waals surface area contributed by atoms with Crippen molar-refractivity contribution in [1.29, 1.82) is 5.26 Å². The molecule has 0 aromatic heterocycles. The van der Waals surface area contributed by atoms with E-state index in [2.05, 4.69) is 6.07 Å². The molecule has 0 radical (unpaired) electrons. The quantitative estimate of drug-likeness (QED) is 0.745. The van der Waals surface area contributed by atoms with E-state index in [0.29, 0.717) is 17.5 Å². The van der Waals surface area contributed by atoms with Crippen LogP contribution in [0.25, 0.3) is 6.08 Å². The fourth-order valence-electron chi connectivity index (χ4n) is 2.69. The maximum Gasteiger partial charge on any atom is 0.495 e. The zero-order valence-corrected chi connectivity index (χ0v) is 12.7. The zero-order valence-electron chi connectivity index (χ0n) is 12.7. The normalized spacial score (nSPS) is 21.9. The first-order chi connectivity index (χ1) is 9.73. The lowest BCUT2D eigenvalue weighted by atomic mass is 9.75. The number of halogens is 1. The van der Waals surface area contributed by atoms with Crippen molar-refractivity contribution in [1.82, 2.24) is 0 Å². The minimum Gasteiger partial charge on any atom is -0.399 e. The zero-order chi connectivity index (χ0) is 15.4. The molecule has 0 spiro atoms. The minimum absolute atomic E-state index is 0.328. The van der Waals surface area contributed by atoms with E-state index in [1.807, 2.05) is 27.7 Å². The van der Waals surface area contributed by atoms with E-state index in [1.165, 1.54) is 12.1 Å². The van der Waals surface area contributed by atoms with Crippen molar-refractivity contribution >= 4 is 18.7 Å². The summed E-state index contributed by atoms with van der Waals surface area (Å²) < 4.78 is 25.9. The van der Waals surface area contributed by atoms with E-state index < -0.39 is 18.3 Å². The Hall–Kier alpha value is -1.64. The number of fused-ring (bicyclic) bond motifs is 1. The molecule has 2 aliphatic rings. The Morgan fingerprint density at radius 1 is 1.19 bits per heavy atom. The van der Waals surface area contributed by atoms with Crippen LogP contribution >= 0.6 is 0 Å². The molecule has 3 nitrogen and oxygen atoms in total. The summed E-state index contributed by atoms with van der Waals surface area (Å²) in [6.45, 7) is 7.85. The second kappa shape index (κ2) is 4.43. The molecule has 108 valence electrons. The molecule has 0 unspecified atom stereocenters. The summed E-state index contributed by atoms with van der Waals surface area (Å²) in [4.78, 5) is 0. The molecule has 1 aliphatic heterocycles. The van der Waals surface area contributed by atoms with Gasteiger partial charge in [0.2, 0.25) is 0 Å². The van der Waals surface area contributed by atoms with Gasteiger partial charge in [0.25, 0.3) is 0 Å². The lowest BCUT2D eigenvalue weighted by Gasteiger charge is -2.32. The summed E-state index contributed by atoms with van der Waals surface area (Å²) in [5.74, 6) is -0.328. The summed E-state index contributed by atoms with van der Waals surface area (Å²) in [7, 11) is -0.617. The van der Waals surface area contributed by atoms with E-state index in [4.69, 9.17) is 14.6 Å². The van der Waals surface area contributed by atoms with Crippen LogP contribution in [0.15, 0.2) is 17.7 Å². The van der Waals surface area contributed by atoms with E-state index in [-0.39, 0.29) is 5.82 Å². The van der Waals surface area contributed by atoms with Gasteiger partial charge in [-0.25, -0.2) is 4.39 Å². The van der Waals surface area contributed by atoms with Crippen molar-refractivity contribution in [2.45, 2.75) is 45.3 Å². The van der Waals surface area contributed by atoms with Gasteiger partial charge in [-0.05, 0) is 62.5 Å². The third kappa shape index (κ3) is 2.19. The number of allylic oxidation sites excluding steroid dienone is 1. The Morgan fingerprint density at radius 2 is 1.81 bits per heavy atom. The second-order valence-electron chi connectivity index (χ2n) is 6.61. The minimum atomic E-state index is -0.617. The average molecular weight is 285 g/mol. The first kappa shape index (κ1) is 14.3. The highest BCUT2D eigenvalue weighted by Crippen LogP contribution is 2.37. The van der Waals surface area contributed by atoms with Crippen molar-refractivity contribution in [3.63, 3.8) is 0 Å². The smallest absolute Gasteiger partial charge is 0.399 e. The molecule has 1 heterocycles. The summed E-state index contributed by atoms with van der Waals surface area (Å²) in [5.41, 5.74) is 2.01. The summed E-state index contributed by atoms with van der Waals surface area (Å²) in [6.07, 6.45) is 2.27. The van der Waals surface area contributed by atoms with Gasteiger partial charge in [-0.3, -0.25) is 0 Å². The van der Waals surface area contributed by atoms with Crippen LogP contribution in [0.1, 0.15) is 38.8 Å². The number of nitrogens with zero attached hydrogens (tertiary/aromatic N) is 1. The molecule has 0 atom stereocenters. The predicted octanol–water partition coefficient (Wildman–Crippen LogP) is 2.59. The van der Waals surface area contributed by atoms with Gasteiger partial charge >= 0.3 is 7.12 Å². The second-order valence-corrected chi connectivity index (χ2v) is 6.61. The highest BCUT2D eigenvalue weighted by atomic mass is 19.1. The maximum absolute atomic E-state index is 13.9. The molecule has 1 aromatic carbocycles. The fraction of sp³-hybridized carbons (Fsp3) is 0.438. The molecule has 1 fully saturated rings. The Labute approximate surface area is 124 Å². The number of hydrogen-bond donors (Lipinski definition) is 0. The van der Waals surface area contributed by atoms with Crippen molar-refractivity contribution < 1.29 is 13.7 Å². The maximum atomic E-state index is 13.9. The van der Waals surface area contributed by atoms with Gasteiger partial charge in [0, 0.05) is 12.0 Å². The van der Waals surface area contributed by atoms with Crippen molar-refractivity contribution in [3.05, 3.63) is 34.6 Å². The molecule has 21 heavy (non-hydrogen) atoms. The van der Waals surface area contributed by atoms with Crippen LogP contribution in [0.4, 0.5) is 4.39 Å². The molecular weight excluding hydrogens is 268 g/mol. The van der Waals surface area contributed by atoms with Crippen LogP contribution < -0.4 is 5.46 Å². The topological polar surface area (TPSA) is 42.2 Å². The fourth-order valence-corrected chi connectivity index (χ4v) is 2.69. The van der Waals surface area contributed by atoms with Crippen LogP contribution in [-0.2, 0) is 15.7 Å². The van der Waals surface area contributed by atoms with Crippen LogP contribution in [-0.4, -0.2) is 18.3 Å². The molecule has 1 aliphatic carbocycles. The third-order valence-electron chi connectivity index (χ3n) is 4.61. The van der Waals surface area contributed by atoms with Crippen LogP contribution in [0.5, 0.6) is 0 Å². The molecule has 0 N–H and O–H groups in total. The summed E-state index contributed by atoms with van der Waals surface area (Å²) in [5, 5.41) is 9.06. The van der Waals surface area contributed by atoms with Gasteiger partial charge in [-0.2, -0.15) is 5.26 Å². The lowest BCUT2D eigenvalue weighted by molar-refractivity contribution is 0.00578. The molecule has 5 heteroatoms. The number of rotatable bonds is 1. The van der Waals surface area contributed by atoms with Crippen molar-refractivity contribution in [3.8, 4) is 6.07 Å². The van der Waals surface area contributed by atoms with Gasteiger partial charge in [-0.1, -0.05) is 0 Å². The molecule has 1 saturated heterocycles. The Kier molecular flexibility index (Phi) is 3.02. The Morgan fingerprint density at radius 3 is 2.38 bits per heavy atom. The first-order valence-electron chi connectivity index (χ1n) is 7.02. The molecule has 0 saturated carbocycles.